The number of fused-ring (bicyclic) bond motifs is 3. The number of hydrogen-bond donors (Lipinski definition) is 1. The van der Waals surface area contributed by atoms with Gasteiger partial charge in [0.15, 0.2) is 6.10 Å². The first-order valence-electron chi connectivity index (χ1n) is 9.89. The topological polar surface area (TPSA) is 93.5 Å². The minimum absolute atomic E-state index is 0.0668. The van der Waals surface area contributed by atoms with E-state index in [1.807, 2.05) is 6.07 Å². The Balaban J connectivity index is 1.56. The Morgan fingerprint density at radius 3 is 2.87 bits per heavy atom. The second kappa shape index (κ2) is 6.98. The smallest absolute Gasteiger partial charge is 0.262 e. The first-order chi connectivity index (χ1) is 14.6. The highest BCUT2D eigenvalue weighted by Gasteiger charge is 2.34. The Morgan fingerprint density at radius 2 is 2.03 bits per heavy atom. The van der Waals surface area contributed by atoms with Crippen LogP contribution in [0.2, 0.25) is 0 Å². The average Bonchev–Trinajstić information content (AvgIpc) is 3.26. The van der Waals surface area contributed by atoms with Crippen LogP contribution >= 0.6 is 0 Å². The lowest BCUT2D eigenvalue weighted by molar-refractivity contribution is -0.127. The van der Waals surface area contributed by atoms with Crippen molar-refractivity contribution in [1.29, 1.82) is 0 Å². The molecule has 0 bridgehead atoms. The van der Waals surface area contributed by atoms with Crippen LogP contribution in [0.1, 0.15) is 22.6 Å². The zero-order valence-corrected chi connectivity index (χ0v) is 16.4. The van der Waals surface area contributed by atoms with Crippen LogP contribution in [0, 0.1) is 0 Å². The molecule has 8 heteroatoms. The van der Waals surface area contributed by atoms with Gasteiger partial charge in [0.05, 0.1) is 23.1 Å². The van der Waals surface area contributed by atoms with Gasteiger partial charge < -0.3 is 15.0 Å². The maximum Gasteiger partial charge on any atom is 0.262 e. The zero-order chi connectivity index (χ0) is 20.8. The number of aromatic nitrogens is 2. The van der Waals surface area contributed by atoms with Gasteiger partial charge in [-0.15, -0.1) is 0 Å². The molecule has 3 heterocycles. The zero-order valence-electron chi connectivity index (χ0n) is 16.4. The summed E-state index contributed by atoms with van der Waals surface area (Å²) in [7, 11) is 1.53. The molecule has 0 saturated heterocycles. The predicted molar refractivity (Wildman–Crippen MR) is 111 cm³/mol. The summed E-state index contributed by atoms with van der Waals surface area (Å²) < 4.78 is 7.48. The lowest BCUT2D eigenvalue weighted by Crippen LogP contribution is -2.50. The molecule has 1 aromatic heterocycles. The molecule has 0 spiro atoms. The van der Waals surface area contributed by atoms with Crippen LogP contribution in [-0.2, 0) is 17.8 Å². The van der Waals surface area contributed by atoms with Gasteiger partial charge in [-0.05, 0) is 36.8 Å². The van der Waals surface area contributed by atoms with Crippen molar-refractivity contribution < 1.29 is 14.3 Å². The monoisotopic (exact) mass is 404 g/mol. The molecule has 2 amide bonds. The summed E-state index contributed by atoms with van der Waals surface area (Å²) in [5.41, 5.74) is 1.46. The number of anilines is 1. The van der Waals surface area contributed by atoms with E-state index in [-0.39, 0.29) is 23.9 Å². The number of ether oxygens (including phenoxy) is 1. The molecular formula is C22H20N4O4. The maximum absolute atomic E-state index is 13.4. The van der Waals surface area contributed by atoms with Gasteiger partial charge in [0, 0.05) is 25.6 Å². The van der Waals surface area contributed by atoms with Crippen molar-refractivity contribution in [2.45, 2.75) is 25.5 Å². The number of amides is 2. The first-order valence-corrected chi connectivity index (χ1v) is 9.89. The standard InChI is InChI=1S/C22H20N4O4/c1-23-20(27)18-12-26(16-5-2-3-6-17(16)30-18)21(28)13-8-9-14-15(11-13)24-19-7-4-10-25(19)22(14)29/h2-3,5-6,8-9,11,18H,4,7,10,12H2,1H3,(H,23,27). The van der Waals surface area contributed by atoms with Crippen molar-refractivity contribution >= 4 is 28.4 Å². The number of para-hydroxylation sites is 2. The van der Waals surface area contributed by atoms with Crippen LogP contribution in [0.4, 0.5) is 5.69 Å². The molecule has 0 aliphatic carbocycles. The van der Waals surface area contributed by atoms with Crippen molar-refractivity contribution in [2.75, 3.05) is 18.5 Å². The number of likely N-dealkylation sites (N-methyl/N-ethyl adjacent to an activating group) is 1. The van der Waals surface area contributed by atoms with Crippen LogP contribution in [0.5, 0.6) is 5.75 Å². The van der Waals surface area contributed by atoms with E-state index in [1.54, 1.807) is 45.9 Å². The van der Waals surface area contributed by atoms with E-state index in [9.17, 15) is 14.4 Å². The summed E-state index contributed by atoms with van der Waals surface area (Å²) in [4.78, 5) is 44.4. The first kappa shape index (κ1) is 18.4. The molecule has 0 fully saturated rings. The number of carbonyl (C=O) groups is 2. The summed E-state index contributed by atoms with van der Waals surface area (Å²) in [6.07, 6.45) is 0.851. The minimum atomic E-state index is -0.805. The van der Waals surface area contributed by atoms with Gasteiger partial charge in [0.1, 0.15) is 11.6 Å². The molecule has 2 aromatic carbocycles. The molecule has 152 valence electrons. The van der Waals surface area contributed by atoms with E-state index in [1.165, 1.54) is 7.05 Å². The molecule has 1 unspecified atom stereocenters. The Morgan fingerprint density at radius 1 is 1.20 bits per heavy atom. The van der Waals surface area contributed by atoms with Gasteiger partial charge in [-0.25, -0.2) is 4.98 Å². The summed E-state index contributed by atoms with van der Waals surface area (Å²) >= 11 is 0. The van der Waals surface area contributed by atoms with E-state index >= 15 is 0 Å². The third kappa shape index (κ3) is 2.83. The number of benzene rings is 2. The van der Waals surface area contributed by atoms with Gasteiger partial charge in [0.2, 0.25) is 0 Å². The highest BCUT2D eigenvalue weighted by Crippen LogP contribution is 2.34. The molecule has 1 N–H and O–H groups in total. The number of carbonyl (C=O) groups excluding carboxylic acids is 2. The van der Waals surface area contributed by atoms with Gasteiger partial charge in [-0.1, -0.05) is 12.1 Å². The molecule has 5 rings (SSSR count). The van der Waals surface area contributed by atoms with E-state index < -0.39 is 6.10 Å². The highest BCUT2D eigenvalue weighted by atomic mass is 16.5. The maximum atomic E-state index is 13.4. The average molecular weight is 404 g/mol. The molecule has 0 saturated carbocycles. The van der Waals surface area contributed by atoms with E-state index in [0.29, 0.717) is 34.4 Å². The van der Waals surface area contributed by atoms with Crippen molar-refractivity contribution in [2.24, 2.45) is 0 Å². The van der Waals surface area contributed by atoms with Crippen LogP contribution < -0.4 is 20.5 Å². The van der Waals surface area contributed by atoms with Gasteiger partial charge in [0.25, 0.3) is 17.4 Å². The molecule has 30 heavy (non-hydrogen) atoms. The van der Waals surface area contributed by atoms with Crippen molar-refractivity contribution in [3.8, 4) is 5.75 Å². The predicted octanol–water partition coefficient (Wildman–Crippen LogP) is 1.50. The fraction of sp³-hybridized carbons (Fsp3) is 0.273. The SMILES string of the molecule is CNC(=O)C1CN(C(=O)c2ccc3c(=O)n4c(nc3c2)CCC4)c2ccccc2O1. The Hall–Kier alpha value is -3.68. The molecule has 2 aliphatic rings. The van der Waals surface area contributed by atoms with Crippen LogP contribution in [0.3, 0.4) is 0 Å². The highest BCUT2D eigenvalue weighted by molar-refractivity contribution is 6.09. The Labute approximate surface area is 172 Å². The number of aryl methyl sites for hydroxylation is 1. The fourth-order valence-corrected chi connectivity index (χ4v) is 4.10. The fourth-order valence-electron chi connectivity index (χ4n) is 4.10. The van der Waals surface area contributed by atoms with Gasteiger partial charge in [-0.2, -0.15) is 0 Å². The van der Waals surface area contributed by atoms with Crippen LogP contribution in [0.15, 0.2) is 47.3 Å². The third-order valence-electron chi connectivity index (χ3n) is 5.62. The second-order valence-electron chi connectivity index (χ2n) is 7.42. The van der Waals surface area contributed by atoms with Crippen molar-refractivity contribution in [1.82, 2.24) is 14.9 Å². The van der Waals surface area contributed by atoms with E-state index in [2.05, 4.69) is 10.3 Å². The molecule has 3 aromatic rings. The lowest BCUT2D eigenvalue weighted by Gasteiger charge is -2.34. The summed E-state index contributed by atoms with van der Waals surface area (Å²) in [5.74, 6) is 0.657. The molecule has 8 nitrogen and oxygen atoms in total. The molecular weight excluding hydrogens is 384 g/mol. The summed E-state index contributed by atoms with van der Waals surface area (Å²) in [6.45, 7) is 0.775. The summed E-state index contributed by atoms with van der Waals surface area (Å²) in [5, 5.41) is 3.07. The van der Waals surface area contributed by atoms with E-state index in [0.717, 1.165) is 18.7 Å². The number of nitrogens with one attached hydrogen (secondary N) is 1. The lowest BCUT2D eigenvalue weighted by atomic mass is 10.1. The number of hydrogen-bond acceptors (Lipinski definition) is 5. The molecule has 1 atom stereocenters. The van der Waals surface area contributed by atoms with Crippen LogP contribution in [-0.4, -0.2) is 41.1 Å². The largest absolute Gasteiger partial charge is 0.477 e. The Bertz CT molecular complexity index is 1250. The molecule has 0 radical (unpaired) electrons. The minimum Gasteiger partial charge on any atom is -0.477 e. The van der Waals surface area contributed by atoms with Gasteiger partial charge in [-0.3, -0.25) is 19.0 Å². The van der Waals surface area contributed by atoms with Crippen molar-refractivity contribution in [3.63, 3.8) is 0 Å². The normalized spacial score (nSPS) is 17.2. The van der Waals surface area contributed by atoms with E-state index in [4.69, 9.17) is 4.74 Å². The second-order valence-corrected chi connectivity index (χ2v) is 7.42. The van der Waals surface area contributed by atoms with Crippen LogP contribution in [0.25, 0.3) is 10.9 Å². The third-order valence-corrected chi connectivity index (χ3v) is 5.62. The van der Waals surface area contributed by atoms with Gasteiger partial charge >= 0.3 is 0 Å². The van der Waals surface area contributed by atoms with Crippen molar-refractivity contribution in [3.05, 3.63) is 64.2 Å². The summed E-state index contributed by atoms with van der Waals surface area (Å²) in [6, 6.07) is 12.1. The number of nitrogens with zero attached hydrogens (tertiary/aromatic N) is 3. The molecule has 2 aliphatic heterocycles. The quantitative estimate of drug-likeness (QED) is 0.699. The Kier molecular flexibility index (Phi) is 4.27. The number of rotatable bonds is 2.